The fourth-order valence-corrected chi connectivity index (χ4v) is 1.64. The van der Waals surface area contributed by atoms with Gasteiger partial charge in [0.25, 0.3) is 0 Å². The molecule has 1 N–H and O–H groups in total. The van der Waals surface area contributed by atoms with Crippen molar-refractivity contribution < 1.29 is 0 Å². The molecule has 0 fully saturated rings. The van der Waals surface area contributed by atoms with Gasteiger partial charge in [-0.25, -0.2) is 4.98 Å². The Morgan fingerprint density at radius 2 is 2.38 bits per heavy atom. The van der Waals surface area contributed by atoms with Crippen LogP contribution in [-0.4, -0.2) is 36.1 Å². The van der Waals surface area contributed by atoms with Crippen LogP contribution in [0, 0.1) is 11.3 Å². The molecule has 0 aliphatic carbocycles. The van der Waals surface area contributed by atoms with Crippen LogP contribution in [0.15, 0.2) is 22.8 Å². The van der Waals surface area contributed by atoms with Crippen molar-refractivity contribution in [1.82, 2.24) is 9.88 Å². The first kappa shape index (κ1) is 12.9. The molecule has 0 aliphatic rings. The van der Waals surface area contributed by atoms with Crippen molar-refractivity contribution in [1.29, 1.82) is 5.26 Å². The lowest BCUT2D eigenvalue weighted by Gasteiger charge is -2.16. The van der Waals surface area contributed by atoms with Gasteiger partial charge in [0.05, 0.1) is 12.6 Å². The van der Waals surface area contributed by atoms with Crippen LogP contribution >= 0.6 is 15.9 Å². The predicted octanol–water partition coefficient (Wildman–Crippen LogP) is 2.10. The first-order chi connectivity index (χ1) is 7.76. The predicted molar refractivity (Wildman–Crippen MR) is 68.2 cm³/mol. The lowest BCUT2D eigenvalue weighted by Crippen LogP contribution is -2.29. The summed E-state index contributed by atoms with van der Waals surface area (Å²) in [5, 5.41) is 11.8. The second-order valence-electron chi connectivity index (χ2n) is 3.30. The summed E-state index contributed by atoms with van der Waals surface area (Å²) in [7, 11) is 0. The minimum absolute atomic E-state index is 0.476. The molecular formula is C11H15BrN4. The smallest absolute Gasteiger partial charge is 0.127 e. The fourth-order valence-electron chi connectivity index (χ4n) is 1.30. The molecule has 16 heavy (non-hydrogen) atoms. The third-order valence-electron chi connectivity index (χ3n) is 2.19. The van der Waals surface area contributed by atoms with Crippen molar-refractivity contribution in [2.75, 3.05) is 31.5 Å². The van der Waals surface area contributed by atoms with E-state index in [0.717, 1.165) is 30.1 Å². The average molecular weight is 283 g/mol. The van der Waals surface area contributed by atoms with E-state index in [1.54, 1.807) is 0 Å². The molecule has 0 saturated carbocycles. The summed E-state index contributed by atoms with van der Waals surface area (Å²) < 4.78 is 0.821. The maximum Gasteiger partial charge on any atom is 0.127 e. The van der Waals surface area contributed by atoms with Crippen LogP contribution in [0.5, 0.6) is 0 Å². The van der Waals surface area contributed by atoms with E-state index < -0.39 is 0 Å². The van der Waals surface area contributed by atoms with E-state index in [4.69, 9.17) is 5.26 Å². The Kier molecular flexibility index (Phi) is 5.83. The maximum absolute atomic E-state index is 8.59. The largest absolute Gasteiger partial charge is 0.369 e. The molecule has 1 rings (SSSR count). The molecule has 1 aromatic heterocycles. The van der Waals surface area contributed by atoms with Gasteiger partial charge in [0.15, 0.2) is 0 Å². The van der Waals surface area contributed by atoms with E-state index in [1.165, 1.54) is 0 Å². The van der Waals surface area contributed by atoms with Crippen LogP contribution < -0.4 is 5.32 Å². The Morgan fingerprint density at radius 3 is 3.00 bits per heavy atom. The molecule has 0 spiro atoms. The van der Waals surface area contributed by atoms with Crippen molar-refractivity contribution in [3.63, 3.8) is 0 Å². The molecule has 0 aliphatic heterocycles. The molecule has 0 radical (unpaired) electrons. The summed E-state index contributed by atoms with van der Waals surface area (Å²) in [6, 6.07) is 7.90. The average Bonchev–Trinajstić information content (AvgIpc) is 2.28. The zero-order valence-electron chi connectivity index (χ0n) is 9.28. The Balaban J connectivity index is 2.32. The van der Waals surface area contributed by atoms with E-state index >= 15 is 0 Å². The summed E-state index contributed by atoms with van der Waals surface area (Å²) in [5.41, 5.74) is 0. The summed E-state index contributed by atoms with van der Waals surface area (Å²) in [5.74, 6) is 0.849. The fraction of sp³-hybridized carbons (Fsp3) is 0.455. The number of nitrogens with zero attached hydrogens (tertiary/aromatic N) is 3. The summed E-state index contributed by atoms with van der Waals surface area (Å²) >= 11 is 3.32. The van der Waals surface area contributed by atoms with Crippen LogP contribution in [-0.2, 0) is 0 Å². The van der Waals surface area contributed by atoms with Gasteiger partial charge in [0.2, 0.25) is 0 Å². The topological polar surface area (TPSA) is 52.0 Å². The van der Waals surface area contributed by atoms with Gasteiger partial charge in [-0.1, -0.05) is 13.0 Å². The van der Waals surface area contributed by atoms with E-state index in [-0.39, 0.29) is 0 Å². The highest BCUT2D eigenvalue weighted by Crippen LogP contribution is 2.09. The van der Waals surface area contributed by atoms with Crippen LogP contribution in [0.4, 0.5) is 5.82 Å². The van der Waals surface area contributed by atoms with E-state index in [0.29, 0.717) is 6.54 Å². The highest BCUT2D eigenvalue weighted by atomic mass is 79.9. The van der Waals surface area contributed by atoms with Crippen LogP contribution in [0.25, 0.3) is 0 Å². The molecule has 0 amide bonds. The lowest BCUT2D eigenvalue weighted by atomic mass is 10.4. The molecule has 86 valence electrons. The second kappa shape index (κ2) is 7.20. The van der Waals surface area contributed by atoms with Crippen LogP contribution in [0.2, 0.25) is 0 Å². The standard InChI is InChI=1S/C11H15BrN4/c1-2-16(8-6-13)9-7-14-11-5-3-4-10(12)15-11/h3-5H,2,7-9H2,1H3,(H,14,15). The highest BCUT2D eigenvalue weighted by Gasteiger charge is 2.00. The van der Waals surface area contributed by atoms with Crippen molar-refractivity contribution in [2.45, 2.75) is 6.92 Å². The van der Waals surface area contributed by atoms with Gasteiger partial charge < -0.3 is 5.32 Å². The molecule has 1 heterocycles. The molecule has 0 bridgehead atoms. The van der Waals surface area contributed by atoms with Gasteiger partial charge >= 0.3 is 0 Å². The minimum Gasteiger partial charge on any atom is -0.369 e. The van der Waals surface area contributed by atoms with E-state index in [1.807, 2.05) is 18.2 Å². The monoisotopic (exact) mass is 282 g/mol. The van der Waals surface area contributed by atoms with Gasteiger partial charge in [0, 0.05) is 13.1 Å². The number of aromatic nitrogens is 1. The number of likely N-dealkylation sites (N-methyl/N-ethyl adjacent to an activating group) is 1. The van der Waals surface area contributed by atoms with Crippen molar-refractivity contribution in [2.24, 2.45) is 0 Å². The third kappa shape index (κ3) is 4.60. The molecule has 0 unspecified atom stereocenters. The number of anilines is 1. The zero-order valence-corrected chi connectivity index (χ0v) is 10.9. The summed E-state index contributed by atoms with van der Waals surface area (Å²) in [6.07, 6.45) is 0. The quantitative estimate of drug-likeness (QED) is 0.641. The number of nitriles is 1. The van der Waals surface area contributed by atoms with Gasteiger partial charge in [-0.3, -0.25) is 4.90 Å². The Hall–Kier alpha value is -1.12. The first-order valence-electron chi connectivity index (χ1n) is 5.22. The first-order valence-corrected chi connectivity index (χ1v) is 6.01. The molecule has 1 aromatic rings. The number of hydrogen-bond donors (Lipinski definition) is 1. The summed E-state index contributed by atoms with van der Waals surface area (Å²) in [6.45, 7) is 5.05. The maximum atomic E-state index is 8.59. The molecule has 0 aromatic carbocycles. The number of rotatable bonds is 6. The summed E-state index contributed by atoms with van der Waals surface area (Å²) in [4.78, 5) is 6.34. The molecule has 4 nitrogen and oxygen atoms in total. The second-order valence-corrected chi connectivity index (χ2v) is 4.11. The van der Waals surface area contributed by atoms with Gasteiger partial charge in [-0.2, -0.15) is 5.26 Å². The molecule has 0 saturated heterocycles. The Labute approximate surface area is 104 Å². The zero-order chi connectivity index (χ0) is 11.8. The van der Waals surface area contributed by atoms with Crippen LogP contribution in [0.3, 0.4) is 0 Å². The Morgan fingerprint density at radius 1 is 1.56 bits per heavy atom. The van der Waals surface area contributed by atoms with Gasteiger partial charge in [0.1, 0.15) is 10.4 Å². The molecular weight excluding hydrogens is 268 g/mol. The van der Waals surface area contributed by atoms with E-state index in [9.17, 15) is 0 Å². The van der Waals surface area contributed by atoms with Crippen molar-refractivity contribution in [3.8, 4) is 6.07 Å². The molecule has 5 heteroatoms. The van der Waals surface area contributed by atoms with Crippen molar-refractivity contribution in [3.05, 3.63) is 22.8 Å². The van der Waals surface area contributed by atoms with Crippen LogP contribution in [0.1, 0.15) is 6.92 Å². The van der Waals surface area contributed by atoms with E-state index in [2.05, 4.69) is 44.1 Å². The highest BCUT2D eigenvalue weighted by molar-refractivity contribution is 9.10. The SMILES string of the molecule is CCN(CC#N)CCNc1cccc(Br)n1. The number of pyridine rings is 1. The number of nitrogens with one attached hydrogen (secondary N) is 1. The lowest BCUT2D eigenvalue weighted by molar-refractivity contribution is 0.335. The normalized spacial score (nSPS) is 10.1. The third-order valence-corrected chi connectivity index (χ3v) is 2.63. The van der Waals surface area contributed by atoms with Gasteiger partial charge in [-0.15, -0.1) is 0 Å². The Bertz CT molecular complexity index is 361. The van der Waals surface area contributed by atoms with Gasteiger partial charge in [-0.05, 0) is 34.6 Å². The minimum atomic E-state index is 0.476. The number of halogens is 1. The van der Waals surface area contributed by atoms with Crippen molar-refractivity contribution >= 4 is 21.7 Å². The number of hydrogen-bond acceptors (Lipinski definition) is 4. The molecule has 0 atom stereocenters.